The van der Waals surface area contributed by atoms with E-state index in [9.17, 15) is 9.59 Å². The molecule has 1 fully saturated rings. The Balaban J connectivity index is 1.19. The first kappa shape index (κ1) is 29.2. The largest absolute Gasteiger partial charge is 0.339 e. The maximum atomic E-state index is 13.4. The minimum absolute atomic E-state index is 0.00108. The van der Waals surface area contributed by atoms with E-state index in [0.717, 1.165) is 36.1 Å². The second-order valence-corrected chi connectivity index (χ2v) is 12.1. The number of carbonyl (C=O) groups excluding carboxylic acids is 2. The van der Waals surface area contributed by atoms with Gasteiger partial charge in [0.1, 0.15) is 0 Å². The average Bonchev–Trinajstić information content (AvgIpc) is 3.49. The quantitative estimate of drug-likeness (QED) is 0.244. The van der Waals surface area contributed by atoms with E-state index in [-0.39, 0.29) is 11.8 Å². The summed E-state index contributed by atoms with van der Waals surface area (Å²) in [5.41, 5.74) is 7.22. The summed E-state index contributed by atoms with van der Waals surface area (Å²) in [5.74, 6) is 0.701. The minimum atomic E-state index is -0.230. The molecule has 2 amide bonds. The van der Waals surface area contributed by atoms with E-state index in [2.05, 4.69) is 73.6 Å². The lowest BCUT2D eigenvalue weighted by Gasteiger charge is -2.32. The van der Waals surface area contributed by atoms with Gasteiger partial charge in [0.2, 0.25) is 0 Å². The Morgan fingerprint density at radius 3 is 2.24 bits per heavy atom. The number of benzene rings is 2. The monoisotopic (exact) mass is 563 g/mol. The van der Waals surface area contributed by atoms with Crippen molar-refractivity contribution in [3.8, 4) is 11.1 Å². The fourth-order valence-electron chi connectivity index (χ4n) is 5.50. The van der Waals surface area contributed by atoms with Gasteiger partial charge in [-0.2, -0.15) is 5.10 Å². The van der Waals surface area contributed by atoms with Gasteiger partial charge in [-0.1, -0.05) is 44.2 Å². The number of likely N-dealkylation sites (tertiary alicyclic amines) is 1. The molecule has 5 rings (SSSR count). The number of hydrogen-bond donors (Lipinski definition) is 1. The van der Waals surface area contributed by atoms with Crippen molar-refractivity contribution in [3.63, 3.8) is 0 Å². The number of aryl methyl sites for hydroxylation is 1. The van der Waals surface area contributed by atoms with Crippen molar-refractivity contribution < 1.29 is 9.59 Å². The van der Waals surface area contributed by atoms with Gasteiger partial charge in [-0.05, 0) is 92.8 Å². The predicted octanol–water partition coefficient (Wildman–Crippen LogP) is 7.31. The number of hydrogen-bond acceptors (Lipinski definition) is 4. The molecule has 4 aromatic rings. The minimum Gasteiger partial charge on any atom is -0.339 e. The molecule has 0 radical (unpaired) electrons. The normalized spacial score (nSPS) is 14.0. The van der Waals surface area contributed by atoms with Crippen molar-refractivity contribution in [2.45, 2.75) is 65.8 Å². The summed E-state index contributed by atoms with van der Waals surface area (Å²) in [6.45, 7) is 11.9. The predicted molar refractivity (Wildman–Crippen MR) is 168 cm³/mol. The molecule has 0 aliphatic carbocycles. The zero-order valence-electron chi connectivity index (χ0n) is 25.3. The van der Waals surface area contributed by atoms with Gasteiger partial charge in [0.15, 0.2) is 0 Å². The standard InChI is InChI=1S/C35H41N5O2/c1-23(2)18-32-13-12-30(20-36-32)34(41)38-33-19-29(7-6-25(33)5)35(42)39-16-14-28(15-17-39)26-8-10-27(11-9-26)31-21-37-40(22-31)24(3)4/h6-13,19-24,28H,14-18H2,1-5H3,(H,38,41). The molecule has 42 heavy (non-hydrogen) atoms. The highest BCUT2D eigenvalue weighted by molar-refractivity contribution is 6.05. The molecule has 3 heterocycles. The van der Waals surface area contributed by atoms with Gasteiger partial charge in [0, 0.05) is 54.0 Å². The van der Waals surface area contributed by atoms with Gasteiger partial charge >= 0.3 is 0 Å². The summed E-state index contributed by atoms with van der Waals surface area (Å²) in [6, 6.07) is 18.4. The Morgan fingerprint density at radius 2 is 1.62 bits per heavy atom. The number of pyridine rings is 1. The molecule has 0 bridgehead atoms. The Hall–Kier alpha value is -4.26. The van der Waals surface area contributed by atoms with Crippen LogP contribution in [-0.4, -0.2) is 44.6 Å². The molecule has 0 saturated carbocycles. The molecule has 1 N–H and O–H groups in total. The lowest BCUT2D eigenvalue weighted by molar-refractivity contribution is 0.0712. The van der Waals surface area contributed by atoms with Crippen molar-refractivity contribution >= 4 is 17.5 Å². The van der Waals surface area contributed by atoms with Crippen LogP contribution < -0.4 is 5.32 Å². The number of nitrogens with zero attached hydrogens (tertiary/aromatic N) is 4. The molecule has 1 aliphatic rings. The van der Waals surface area contributed by atoms with Crippen molar-refractivity contribution in [3.05, 3.63) is 101 Å². The molecule has 7 heteroatoms. The third-order valence-electron chi connectivity index (χ3n) is 8.07. The fourth-order valence-corrected chi connectivity index (χ4v) is 5.50. The summed E-state index contributed by atoms with van der Waals surface area (Å²) in [7, 11) is 0. The van der Waals surface area contributed by atoms with Crippen molar-refractivity contribution in [1.29, 1.82) is 0 Å². The number of anilines is 1. The zero-order chi connectivity index (χ0) is 29.8. The molecule has 0 spiro atoms. The van der Waals surface area contributed by atoms with Crippen molar-refractivity contribution in [2.75, 3.05) is 18.4 Å². The fraction of sp³-hybridized carbons (Fsp3) is 0.371. The van der Waals surface area contributed by atoms with Crippen LogP contribution >= 0.6 is 0 Å². The van der Waals surface area contributed by atoms with E-state index in [1.165, 1.54) is 11.1 Å². The lowest BCUT2D eigenvalue weighted by atomic mass is 9.88. The van der Waals surface area contributed by atoms with Crippen LogP contribution in [0.2, 0.25) is 0 Å². The van der Waals surface area contributed by atoms with Crippen LogP contribution in [0.1, 0.15) is 90.0 Å². The number of aromatic nitrogens is 3. The molecular weight excluding hydrogens is 522 g/mol. The third kappa shape index (κ3) is 6.78. The third-order valence-corrected chi connectivity index (χ3v) is 8.07. The van der Waals surface area contributed by atoms with Gasteiger partial charge < -0.3 is 10.2 Å². The van der Waals surface area contributed by atoms with Crippen LogP contribution in [0.15, 0.2) is 73.2 Å². The van der Waals surface area contributed by atoms with Crippen LogP contribution in [0, 0.1) is 12.8 Å². The molecule has 7 nitrogen and oxygen atoms in total. The Kier molecular flexibility index (Phi) is 8.86. The van der Waals surface area contributed by atoms with Crippen LogP contribution in [-0.2, 0) is 6.42 Å². The second kappa shape index (κ2) is 12.7. The summed E-state index contributed by atoms with van der Waals surface area (Å²) < 4.78 is 1.98. The van der Waals surface area contributed by atoms with Gasteiger partial charge in [-0.15, -0.1) is 0 Å². The first-order valence-electron chi connectivity index (χ1n) is 15.0. The van der Waals surface area contributed by atoms with Crippen LogP contribution in [0.4, 0.5) is 5.69 Å². The molecule has 1 saturated heterocycles. The summed E-state index contributed by atoms with van der Waals surface area (Å²) in [6.07, 6.45) is 8.35. The molecule has 0 unspecified atom stereocenters. The molecule has 218 valence electrons. The van der Waals surface area contributed by atoms with Gasteiger partial charge in [0.05, 0.1) is 11.8 Å². The van der Waals surface area contributed by atoms with E-state index in [1.54, 1.807) is 12.3 Å². The second-order valence-electron chi connectivity index (χ2n) is 12.1. The lowest BCUT2D eigenvalue weighted by Crippen LogP contribution is -2.38. The van der Waals surface area contributed by atoms with Crippen molar-refractivity contribution in [2.24, 2.45) is 5.92 Å². The van der Waals surface area contributed by atoms with Crippen molar-refractivity contribution in [1.82, 2.24) is 19.7 Å². The Labute approximate surface area is 249 Å². The maximum Gasteiger partial charge on any atom is 0.257 e. The number of nitrogens with one attached hydrogen (secondary N) is 1. The molecule has 1 aliphatic heterocycles. The number of rotatable bonds is 8. The van der Waals surface area contributed by atoms with Gasteiger partial charge in [-0.25, -0.2) is 0 Å². The zero-order valence-corrected chi connectivity index (χ0v) is 25.3. The number of piperidine rings is 1. The topological polar surface area (TPSA) is 80.1 Å². The van der Waals surface area contributed by atoms with E-state index in [4.69, 9.17) is 0 Å². The summed E-state index contributed by atoms with van der Waals surface area (Å²) in [5, 5.41) is 7.44. The molecular formula is C35H41N5O2. The van der Waals surface area contributed by atoms with E-state index in [1.807, 2.05) is 47.0 Å². The maximum absolute atomic E-state index is 13.4. The van der Waals surface area contributed by atoms with E-state index >= 15 is 0 Å². The highest BCUT2D eigenvalue weighted by Gasteiger charge is 2.25. The van der Waals surface area contributed by atoms with Crippen LogP contribution in [0.25, 0.3) is 11.1 Å². The van der Waals surface area contributed by atoms with Crippen LogP contribution in [0.5, 0.6) is 0 Å². The summed E-state index contributed by atoms with van der Waals surface area (Å²) in [4.78, 5) is 32.7. The molecule has 2 aromatic carbocycles. The van der Waals surface area contributed by atoms with E-state index in [0.29, 0.717) is 47.8 Å². The molecule has 2 aromatic heterocycles. The first-order chi connectivity index (χ1) is 20.2. The summed E-state index contributed by atoms with van der Waals surface area (Å²) >= 11 is 0. The Morgan fingerprint density at radius 1 is 0.905 bits per heavy atom. The van der Waals surface area contributed by atoms with E-state index < -0.39 is 0 Å². The van der Waals surface area contributed by atoms with Crippen LogP contribution in [0.3, 0.4) is 0 Å². The first-order valence-corrected chi connectivity index (χ1v) is 15.0. The average molecular weight is 564 g/mol. The highest BCUT2D eigenvalue weighted by atomic mass is 16.2. The highest BCUT2D eigenvalue weighted by Crippen LogP contribution is 2.31. The number of amides is 2. The number of carbonyl (C=O) groups is 2. The SMILES string of the molecule is Cc1ccc(C(=O)N2CCC(c3ccc(-c4cnn(C(C)C)c4)cc3)CC2)cc1NC(=O)c1ccc(CC(C)C)nc1. The van der Waals surface area contributed by atoms with Gasteiger partial charge in [0.25, 0.3) is 11.8 Å². The smallest absolute Gasteiger partial charge is 0.257 e. The Bertz CT molecular complexity index is 1530. The molecule has 0 atom stereocenters. The van der Waals surface area contributed by atoms with Gasteiger partial charge in [-0.3, -0.25) is 19.3 Å².